The van der Waals surface area contributed by atoms with Crippen LogP contribution in [0, 0.1) is 11.3 Å². The molecule has 0 radical (unpaired) electrons. The molecule has 1 aromatic heterocycles. The summed E-state index contributed by atoms with van der Waals surface area (Å²) in [6, 6.07) is 3.53. The third-order valence-corrected chi connectivity index (χ3v) is 2.87. The number of carbonyl (C=O) groups is 2. The Kier molecular flexibility index (Phi) is 5.67. The lowest BCUT2D eigenvalue weighted by atomic mass is 9.84. The van der Waals surface area contributed by atoms with Crippen molar-refractivity contribution >= 4 is 11.9 Å². The summed E-state index contributed by atoms with van der Waals surface area (Å²) in [5, 5.41) is 11.9. The maximum absolute atomic E-state index is 11.8. The van der Waals surface area contributed by atoms with Crippen molar-refractivity contribution in [1.82, 2.24) is 10.3 Å². The zero-order chi connectivity index (χ0) is 15.2. The third-order valence-electron chi connectivity index (χ3n) is 2.87. The molecule has 1 heterocycles. The van der Waals surface area contributed by atoms with E-state index in [9.17, 15) is 14.7 Å². The van der Waals surface area contributed by atoms with E-state index in [1.807, 2.05) is 20.8 Å². The molecule has 0 fully saturated rings. The van der Waals surface area contributed by atoms with Crippen molar-refractivity contribution in [3.05, 3.63) is 30.1 Å². The van der Waals surface area contributed by atoms with Gasteiger partial charge in [0.2, 0.25) is 5.91 Å². The van der Waals surface area contributed by atoms with Gasteiger partial charge in [-0.15, -0.1) is 0 Å². The maximum Gasteiger partial charge on any atom is 0.308 e. The highest BCUT2D eigenvalue weighted by Crippen LogP contribution is 2.24. The molecule has 0 saturated carbocycles. The van der Waals surface area contributed by atoms with Gasteiger partial charge < -0.3 is 10.4 Å². The normalized spacial score (nSPS) is 12.8. The number of amides is 1. The first-order chi connectivity index (χ1) is 9.28. The van der Waals surface area contributed by atoms with Crippen molar-refractivity contribution in [1.29, 1.82) is 0 Å². The fourth-order valence-electron chi connectivity index (χ4n) is 1.97. The average molecular weight is 278 g/mol. The molecule has 110 valence electrons. The molecule has 5 nitrogen and oxygen atoms in total. The van der Waals surface area contributed by atoms with Crippen LogP contribution in [0.15, 0.2) is 24.5 Å². The van der Waals surface area contributed by atoms with Crippen molar-refractivity contribution < 1.29 is 14.7 Å². The predicted octanol–water partition coefficient (Wildman–Crippen LogP) is 1.88. The lowest BCUT2D eigenvalue weighted by molar-refractivity contribution is -0.142. The number of pyridine rings is 1. The van der Waals surface area contributed by atoms with E-state index in [2.05, 4.69) is 10.3 Å². The second kappa shape index (κ2) is 7.03. The number of nitrogens with zero attached hydrogens (tertiary/aromatic N) is 1. The summed E-state index contributed by atoms with van der Waals surface area (Å²) in [6.07, 6.45) is 4.02. The molecular formula is C15H22N2O3. The Hall–Kier alpha value is -1.91. The largest absolute Gasteiger partial charge is 0.481 e. The second-order valence-corrected chi connectivity index (χ2v) is 6.14. The Morgan fingerprint density at radius 2 is 1.90 bits per heavy atom. The van der Waals surface area contributed by atoms with E-state index in [1.54, 1.807) is 24.5 Å². The number of aromatic nitrogens is 1. The van der Waals surface area contributed by atoms with Crippen LogP contribution < -0.4 is 5.32 Å². The highest BCUT2D eigenvalue weighted by molar-refractivity contribution is 5.79. The Morgan fingerprint density at radius 1 is 1.30 bits per heavy atom. The van der Waals surface area contributed by atoms with E-state index >= 15 is 0 Å². The smallest absolute Gasteiger partial charge is 0.308 e. The zero-order valence-electron chi connectivity index (χ0n) is 12.2. The van der Waals surface area contributed by atoms with E-state index in [1.165, 1.54) is 0 Å². The fourth-order valence-corrected chi connectivity index (χ4v) is 1.97. The molecule has 20 heavy (non-hydrogen) atoms. The minimum absolute atomic E-state index is 0.0844. The van der Waals surface area contributed by atoms with Crippen LogP contribution >= 0.6 is 0 Å². The van der Waals surface area contributed by atoms with Gasteiger partial charge in [0.1, 0.15) is 0 Å². The summed E-state index contributed by atoms with van der Waals surface area (Å²) in [4.78, 5) is 26.9. The highest BCUT2D eigenvalue weighted by Gasteiger charge is 2.24. The van der Waals surface area contributed by atoms with E-state index < -0.39 is 11.9 Å². The molecule has 0 aromatic carbocycles. The summed E-state index contributed by atoms with van der Waals surface area (Å²) < 4.78 is 0. The van der Waals surface area contributed by atoms with Crippen molar-refractivity contribution in [3.8, 4) is 0 Å². The van der Waals surface area contributed by atoms with Crippen LogP contribution in [-0.4, -0.2) is 28.5 Å². The molecule has 1 unspecified atom stereocenters. The monoisotopic (exact) mass is 278 g/mol. The van der Waals surface area contributed by atoms with Crippen LogP contribution in [0.1, 0.15) is 32.8 Å². The number of carbonyl (C=O) groups excluding carboxylic acids is 1. The van der Waals surface area contributed by atoms with Gasteiger partial charge in [-0.25, -0.2) is 0 Å². The Bertz CT molecular complexity index is 452. The van der Waals surface area contributed by atoms with E-state index in [0.717, 1.165) is 5.56 Å². The van der Waals surface area contributed by atoms with E-state index in [4.69, 9.17) is 0 Å². The van der Waals surface area contributed by atoms with Gasteiger partial charge in [-0.05, 0) is 29.5 Å². The lowest BCUT2D eigenvalue weighted by Gasteiger charge is -2.23. The van der Waals surface area contributed by atoms with Gasteiger partial charge in [0.05, 0.1) is 12.3 Å². The van der Waals surface area contributed by atoms with Gasteiger partial charge in [-0.3, -0.25) is 14.6 Å². The van der Waals surface area contributed by atoms with Crippen molar-refractivity contribution in [2.75, 3.05) is 6.54 Å². The molecule has 0 aliphatic heterocycles. The fraction of sp³-hybridized carbons (Fsp3) is 0.533. The number of carboxylic acid groups (broad SMARTS) is 1. The molecule has 2 N–H and O–H groups in total. The van der Waals surface area contributed by atoms with Gasteiger partial charge in [0.25, 0.3) is 0 Å². The van der Waals surface area contributed by atoms with Crippen LogP contribution in [0.4, 0.5) is 0 Å². The van der Waals surface area contributed by atoms with Gasteiger partial charge in [0.15, 0.2) is 0 Å². The summed E-state index contributed by atoms with van der Waals surface area (Å²) in [7, 11) is 0. The first-order valence-corrected chi connectivity index (χ1v) is 6.66. The molecule has 0 spiro atoms. The molecule has 1 aromatic rings. The Balaban J connectivity index is 2.47. The van der Waals surface area contributed by atoms with Gasteiger partial charge >= 0.3 is 5.97 Å². The number of nitrogens with one attached hydrogen (secondary N) is 1. The molecular weight excluding hydrogens is 256 g/mol. The summed E-state index contributed by atoms with van der Waals surface area (Å²) >= 11 is 0. The standard InChI is InChI=1S/C15H22N2O3/c1-15(2,3)9-12(14(19)20)10-17-13(18)8-11-4-6-16-7-5-11/h4-7,12H,8-10H2,1-3H3,(H,17,18)(H,19,20). The van der Waals surface area contributed by atoms with E-state index in [-0.39, 0.29) is 24.3 Å². The first kappa shape index (κ1) is 16.1. The zero-order valence-corrected chi connectivity index (χ0v) is 12.2. The molecule has 0 aliphatic rings. The van der Waals surface area contributed by atoms with Crippen LogP contribution in [0.2, 0.25) is 0 Å². The van der Waals surface area contributed by atoms with Crippen molar-refractivity contribution in [2.45, 2.75) is 33.6 Å². The number of hydrogen-bond donors (Lipinski definition) is 2. The van der Waals surface area contributed by atoms with Crippen LogP contribution in [0.3, 0.4) is 0 Å². The summed E-state index contributed by atoms with van der Waals surface area (Å²) in [5.74, 6) is -1.60. The molecule has 1 amide bonds. The lowest BCUT2D eigenvalue weighted by Crippen LogP contribution is -2.35. The molecule has 0 bridgehead atoms. The summed E-state index contributed by atoms with van der Waals surface area (Å²) in [5.41, 5.74) is 0.777. The minimum atomic E-state index is -0.871. The topological polar surface area (TPSA) is 79.3 Å². The van der Waals surface area contributed by atoms with Crippen molar-refractivity contribution in [2.24, 2.45) is 11.3 Å². The molecule has 1 atom stereocenters. The second-order valence-electron chi connectivity index (χ2n) is 6.14. The van der Waals surface area contributed by atoms with Gasteiger partial charge in [0, 0.05) is 18.9 Å². The van der Waals surface area contributed by atoms with Crippen molar-refractivity contribution in [3.63, 3.8) is 0 Å². The van der Waals surface area contributed by atoms with E-state index in [0.29, 0.717) is 6.42 Å². The van der Waals surface area contributed by atoms with Gasteiger partial charge in [-0.2, -0.15) is 0 Å². The number of aliphatic carboxylic acids is 1. The first-order valence-electron chi connectivity index (χ1n) is 6.66. The number of carboxylic acids is 1. The average Bonchev–Trinajstić information content (AvgIpc) is 2.34. The number of hydrogen-bond acceptors (Lipinski definition) is 3. The van der Waals surface area contributed by atoms with Crippen LogP contribution in [-0.2, 0) is 16.0 Å². The molecule has 0 saturated heterocycles. The minimum Gasteiger partial charge on any atom is -0.481 e. The predicted molar refractivity (Wildman–Crippen MR) is 76.1 cm³/mol. The number of rotatable bonds is 6. The molecule has 1 rings (SSSR count). The quantitative estimate of drug-likeness (QED) is 0.832. The highest BCUT2D eigenvalue weighted by atomic mass is 16.4. The Morgan fingerprint density at radius 3 is 2.40 bits per heavy atom. The maximum atomic E-state index is 11.8. The van der Waals surface area contributed by atoms with Crippen LogP contribution in [0.5, 0.6) is 0 Å². The molecule has 0 aliphatic carbocycles. The summed E-state index contributed by atoms with van der Waals surface area (Å²) in [6.45, 7) is 6.13. The third kappa shape index (κ3) is 6.31. The van der Waals surface area contributed by atoms with Gasteiger partial charge in [-0.1, -0.05) is 20.8 Å². The SMILES string of the molecule is CC(C)(C)CC(CNC(=O)Cc1ccncc1)C(=O)O. The van der Waals surface area contributed by atoms with Crippen LogP contribution in [0.25, 0.3) is 0 Å². The Labute approximate surface area is 119 Å². The molecule has 5 heteroatoms.